The normalized spacial score (nSPS) is 11.3. The van der Waals surface area contributed by atoms with Gasteiger partial charge in [0.25, 0.3) is 0 Å². The number of H-pyrrole nitrogens is 2. The molecule has 2 N–H and O–H groups in total. The van der Waals surface area contributed by atoms with Crippen molar-refractivity contribution in [3.05, 3.63) is 76.8 Å². The van der Waals surface area contributed by atoms with Gasteiger partial charge in [-0.05, 0) is 41.0 Å². The predicted octanol–water partition coefficient (Wildman–Crippen LogP) is 3.95. The van der Waals surface area contributed by atoms with Gasteiger partial charge in [-0.25, -0.2) is 4.98 Å². The smallest absolute Gasteiger partial charge is 0.213 e. The van der Waals surface area contributed by atoms with Crippen LogP contribution in [0.4, 0.5) is 0 Å². The Kier molecular flexibility index (Phi) is 5.20. The van der Waals surface area contributed by atoms with Gasteiger partial charge in [0.2, 0.25) is 10.6 Å². The average Bonchev–Trinajstić information content (AvgIpc) is 3.37. The molecule has 0 fully saturated rings. The number of aromatic amines is 2. The first-order valence-electron chi connectivity index (χ1n) is 8.93. The number of allylic oxidation sites excluding steroid dienone is 2. The summed E-state index contributed by atoms with van der Waals surface area (Å²) in [7, 11) is 0. The second kappa shape index (κ2) is 8.10. The summed E-state index contributed by atoms with van der Waals surface area (Å²) in [4.78, 5) is 4.40. The summed E-state index contributed by atoms with van der Waals surface area (Å²) in [5, 5.41) is 17.5. The van der Waals surface area contributed by atoms with E-state index in [1.807, 2.05) is 35.9 Å². The molecule has 0 radical (unpaired) electrons. The minimum atomic E-state index is 0.505. The molecule has 0 spiro atoms. The first kappa shape index (κ1) is 18.0. The summed E-state index contributed by atoms with van der Waals surface area (Å²) in [5.74, 6) is 1.51. The van der Waals surface area contributed by atoms with Crippen molar-refractivity contribution in [2.24, 2.45) is 0 Å². The van der Waals surface area contributed by atoms with E-state index in [4.69, 9.17) is 12.2 Å². The van der Waals surface area contributed by atoms with Crippen LogP contribution in [0.5, 0.6) is 0 Å². The summed E-state index contributed by atoms with van der Waals surface area (Å²) in [5.41, 5.74) is 4.26. The van der Waals surface area contributed by atoms with Gasteiger partial charge in [0.05, 0.1) is 6.54 Å². The molecular weight excluding hydrogens is 370 g/mol. The van der Waals surface area contributed by atoms with Crippen molar-refractivity contribution >= 4 is 12.2 Å². The number of aromatic nitrogens is 7. The van der Waals surface area contributed by atoms with Crippen LogP contribution in [0.3, 0.4) is 0 Å². The lowest BCUT2D eigenvalue weighted by Gasteiger charge is -2.09. The lowest BCUT2D eigenvalue weighted by Crippen LogP contribution is -2.06. The van der Waals surface area contributed by atoms with Crippen LogP contribution in [0.2, 0.25) is 0 Å². The van der Waals surface area contributed by atoms with E-state index < -0.39 is 0 Å². The van der Waals surface area contributed by atoms with Gasteiger partial charge >= 0.3 is 0 Å². The van der Waals surface area contributed by atoms with Crippen LogP contribution in [0.15, 0.2) is 60.7 Å². The quantitative estimate of drug-likeness (QED) is 0.385. The summed E-state index contributed by atoms with van der Waals surface area (Å²) in [6.07, 6.45) is 4.83. The highest BCUT2D eigenvalue weighted by molar-refractivity contribution is 7.71. The lowest BCUT2D eigenvalue weighted by atomic mass is 9.98. The van der Waals surface area contributed by atoms with Crippen LogP contribution in [-0.2, 0) is 13.0 Å². The maximum Gasteiger partial charge on any atom is 0.213 e. The topological polar surface area (TPSA) is 88.1 Å². The van der Waals surface area contributed by atoms with Gasteiger partial charge in [-0.15, -0.1) is 10.2 Å². The summed E-state index contributed by atoms with van der Waals surface area (Å²) >= 11 is 5.19. The van der Waals surface area contributed by atoms with Gasteiger partial charge < -0.3 is 0 Å². The first-order chi connectivity index (χ1) is 13.7. The molecule has 2 aromatic heterocycles. The SMILES string of the molecule is CC=CCc1nc(=S)[nH]n1Cc1ccc(-c2ccccc2-c2nn[nH]n2)cc1. The second-order valence-corrected chi connectivity index (χ2v) is 6.67. The van der Waals surface area contributed by atoms with E-state index in [1.54, 1.807) is 0 Å². The van der Waals surface area contributed by atoms with Gasteiger partial charge in [-0.2, -0.15) is 5.21 Å². The molecule has 0 aliphatic heterocycles. The van der Waals surface area contributed by atoms with E-state index >= 15 is 0 Å². The predicted molar refractivity (Wildman–Crippen MR) is 110 cm³/mol. The highest BCUT2D eigenvalue weighted by Gasteiger charge is 2.11. The summed E-state index contributed by atoms with van der Waals surface area (Å²) in [6, 6.07) is 16.5. The Morgan fingerprint density at radius 1 is 1.07 bits per heavy atom. The van der Waals surface area contributed by atoms with Crippen molar-refractivity contribution in [3.63, 3.8) is 0 Å². The van der Waals surface area contributed by atoms with Crippen LogP contribution in [0.25, 0.3) is 22.5 Å². The molecule has 28 heavy (non-hydrogen) atoms. The molecule has 4 rings (SSSR count). The third-order valence-electron chi connectivity index (χ3n) is 4.43. The van der Waals surface area contributed by atoms with Gasteiger partial charge in [0.1, 0.15) is 5.82 Å². The Hall–Kier alpha value is -3.39. The highest BCUT2D eigenvalue weighted by Crippen LogP contribution is 2.29. The van der Waals surface area contributed by atoms with E-state index in [1.165, 1.54) is 0 Å². The van der Waals surface area contributed by atoms with E-state index in [2.05, 4.69) is 67.1 Å². The zero-order chi connectivity index (χ0) is 19.3. The molecule has 8 heteroatoms. The lowest BCUT2D eigenvalue weighted by molar-refractivity contribution is 0.649. The minimum absolute atomic E-state index is 0.505. The number of nitrogens with one attached hydrogen (secondary N) is 2. The van der Waals surface area contributed by atoms with E-state index in [0.29, 0.717) is 17.1 Å². The average molecular weight is 389 g/mol. The van der Waals surface area contributed by atoms with Crippen LogP contribution >= 0.6 is 12.2 Å². The van der Waals surface area contributed by atoms with Crippen molar-refractivity contribution in [3.8, 4) is 22.5 Å². The Bertz CT molecular complexity index is 1140. The molecule has 140 valence electrons. The summed E-state index contributed by atoms with van der Waals surface area (Å²) in [6.45, 7) is 2.68. The second-order valence-electron chi connectivity index (χ2n) is 6.28. The van der Waals surface area contributed by atoms with E-state index in [9.17, 15) is 0 Å². The molecule has 0 aliphatic rings. The maximum absolute atomic E-state index is 5.19. The molecule has 4 aromatic rings. The fourth-order valence-corrected chi connectivity index (χ4v) is 3.29. The number of tetrazole rings is 1. The molecule has 0 amide bonds. The van der Waals surface area contributed by atoms with Gasteiger partial charge in [-0.1, -0.05) is 60.7 Å². The molecule has 2 aromatic carbocycles. The molecule has 7 nitrogen and oxygen atoms in total. The standard InChI is InChI=1S/C20H19N7S/c1-2-3-8-18-21-20(28)24-27(18)13-14-9-11-15(12-10-14)16-6-4-5-7-17(16)19-22-25-26-23-19/h2-7,9-12H,8,13H2,1H3,(H,24,28)(H,22,23,25,26). The largest absolute Gasteiger partial charge is 0.271 e. The Labute approximate surface area is 167 Å². The fraction of sp³-hybridized carbons (Fsp3) is 0.150. The molecule has 0 atom stereocenters. The van der Waals surface area contributed by atoms with Crippen LogP contribution in [-0.4, -0.2) is 35.4 Å². The van der Waals surface area contributed by atoms with Crippen LogP contribution < -0.4 is 0 Å². The number of hydrogen-bond donors (Lipinski definition) is 2. The summed E-state index contributed by atoms with van der Waals surface area (Å²) < 4.78 is 2.50. The molecule has 0 saturated heterocycles. The van der Waals surface area contributed by atoms with E-state index in [-0.39, 0.29) is 0 Å². The zero-order valence-electron chi connectivity index (χ0n) is 15.3. The molecule has 0 bridgehead atoms. The third kappa shape index (κ3) is 3.81. The Morgan fingerprint density at radius 2 is 1.86 bits per heavy atom. The Morgan fingerprint density at radius 3 is 2.57 bits per heavy atom. The van der Waals surface area contributed by atoms with E-state index in [0.717, 1.165) is 34.5 Å². The monoisotopic (exact) mass is 389 g/mol. The molecule has 0 saturated carbocycles. The number of benzene rings is 2. The molecule has 0 unspecified atom stereocenters. The van der Waals surface area contributed by atoms with Crippen molar-refractivity contribution in [1.29, 1.82) is 0 Å². The third-order valence-corrected chi connectivity index (χ3v) is 4.61. The zero-order valence-corrected chi connectivity index (χ0v) is 16.1. The molecule has 2 heterocycles. The molecule has 0 aliphatic carbocycles. The van der Waals surface area contributed by atoms with Gasteiger partial charge in [-0.3, -0.25) is 9.78 Å². The van der Waals surface area contributed by atoms with Crippen molar-refractivity contribution in [2.75, 3.05) is 0 Å². The van der Waals surface area contributed by atoms with Crippen molar-refractivity contribution in [1.82, 2.24) is 35.4 Å². The van der Waals surface area contributed by atoms with Crippen LogP contribution in [0, 0.1) is 4.77 Å². The van der Waals surface area contributed by atoms with Crippen LogP contribution in [0.1, 0.15) is 18.3 Å². The number of rotatable bonds is 6. The van der Waals surface area contributed by atoms with Crippen molar-refractivity contribution < 1.29 is 0 Å². The maximum atomic E-state index is 5.19. The first-order valence-corrected chi connectivity index (χ1v) is 9.34. The minimum Gasteiger partial charge on any atom is -0.271 e. The number of hydrogen-bond acceptors (Lipinski definition) is 5. The fourth-order valence-electron chi connectivity index (χ4n) is 3.07. The van der Waals surface area contributed by atoms with Crippen molar-refractivity contribution in [2.45, 2.75) is 19.9 Å². The Balaban J connectivity index is 1.60. The van der Waals surface area contributed by atoms with Gasteiger partial charge in [0.15, 0.2) is 0 Å². The van der Waals surface area contributed by atoms with Gasteiger partial charge in [0, 0.05) is 12.0 Å². The number of nitrogens with zero attached hydrogens (tertiary/aromatic N) is 5. The highest BCUT2D eigenvalue weighted by atomic mass is 32.1. The molecular formula is C20H19N7S.